The van der Waals surface area contributed by atoms with Crippen LogP contribution in [0.2, 0.25) is 0 Å². The average Bonchev–Trinajstić information content (AvgIpc) is 3.11. The number of carbonyl (C=O) groups is 1. The number of hydrogen-bond donors (Lipinski definition) is 0. The van der Waals surface area contributed by atoms with Gasteiger partial charge in [-0.2, -0.15) is 0 Å². The first-order valence-electron chi connectivity index (χ1n) is 7.84. The third-order valence-corrected chi connectivity index (χ3v) is 3.97. The molecule has 1 aliphatic heterocycles. The molecule has 4 rings (SSSR count). The van der Waals surface area contributed by atoms with E-state index in [1.165, 1.54) is 6.20 Å². The summed E-state index contributed by atoms with van der Waals surface area (Å²) in [5, 5.41) is 0. The molecule has 0 aliphatic carbocycles. The van der Waals surface area contributed by atoms with Gasteiger partial charge in [-0.1, -0.05) is 12.1 Å². The van der Waals surface area contributed by atoms with Crippen LogP contribution >= 0.6 is 0 Å². The van der Waals surface area contributed by atoms with Crippen molar-refractivity contribution in [3.63, 3.8) is 0 Å². The summed E-state index contributed by atoms with van der Waals surface area (Å²) < 4.78 is 18.4. The fourth-order valence-electron chi connectivity index (χ4n) is 2.74. The molecule has 0 bridgehead atoms. The monoisotopic (exact) mass is 339 g/mol. The maximum atomic E-state index is 12.8. The third-order valence-electron chi connectivity index (χ3n) is 3.97. The number of amides is 1. The predicted octanol–water partition coefficient (Wildman–Crippen LogP) is 1.85. The van der Waals surface area contributed by atoms with Gasteiger partial charge in [-0.25, -0.2) is 19.3 Å². The molecule has 0 N–H and O–H groups in total. The van der Waals surface area contributed by atoms with E-state index >= 15 is 0 Å². The molecule has 1 unspecified atom stereocenters. The molecule has 3 heterocycles. The van der Waals surface area contributed by atoms with Crippen LogP contribution in [-0.2, 0) is 0 Å². The SMILES string of the molecule is O=C(c1cnc2ccccc2n1)N1CCC(Oc2ncc(F)cn2)C1. The van der Waals surface area contributed by atoms with Gasteiger partial charge in [0.1, 0.15) is 11.8 Å². The molecular weight excluding hydrogens is 325 g/mol. The minimum absolute atomic E-state index is 0.103. The molecule has 1 saturated heterocycles. The number of hydrogen-bond acceptors (Lipinski definition) is 6. The summed E-state index contributed by atoms with van der Waals surface area (Å²) in [5.41, 5.74) is 1.73. The highest BCUT2D eigenvalue weighted by Crippen LogP contribution is 2.17. The number of rotatable bonds is 3. The summed E-state index contributed by atoms with van der Waals surface area (Å²) in [6, 6.07) is 7.50. The lowest BCUT2D eigenvalue weighted by Crippen LogP contribution is -2.31. The number of likely N-dealkylation sites (tertiary alicyclic amines) is 1. The quantitative estimate of drug-likeness (QED) is 0.724. The Morgan fingerprint density at radius 1 is 1.12 bits per heavy atom. The van der Waals surface area contributed by atoms with Crippen LogP contribution in [-0.4, -0.2) is 49.9 Å². The van der Waals surface area contributed by atoms with Crippen molar-refractivity contribution in [2.45, 2.75) is 12.5 Å². The molecule has 126 valence electrons. The van der Waals surface area contributed by atoms with Crippen molar-refractivity contribution in [2.75, 3.05) is 13.1 Å². The molecule has 1 amide bonds. The van der Waals surface area contributed by atoms with Crippen LogP contribution in [0.25, 0.3) is 11.0 Å². The molecule has 1 aromatic carbocycles. The number of fused-ring (bicyclic) bond motifs is 1. The van der Waals surface area contributed by atoms with Gasteiger partial charge in [0.25, 0.3) is 5.91 Å². The normalized spacial score (nSPS) is 17.0. The van der Waals surface area contributed by atoms with Crippen molar-refractivity contribution in [3.05, 3.63) is 54.4 Å². The number of carbonyl (C=O) groups excluding carboxylic acids is 1. The first-order valence-corrected chi connectivity index (χ1v) is 7.84. The van der Waals surface area contributed by atoms with E-state index in [2.05, 4.69) is 19.9 Å². The standard InChI is InChI=1S/C17H14FN5O2/c18-11-7-20-17(21-8-11)25-12-5-6-23(10-12)16(24)15-9-19-13-3-1-2-4-14(13)22-15/h1-4,7-9,12H,5-6,10H2. The van der Waals surface area contributed by atoms with E-state index in [1.54, 1.807) is 4.90 Å². The number of ether oxygens (including phenoxy) is 1. The number of halogens is 1. The van der Waals surface area contributed by atoms with Crippen molar-refractivity contribution in [1.29, 1.82) is 0 Å². The molecular formula is C17H14FN5O2. The molecule has 3 aromatic rings. The van der Waals surface area contributed by atoms with E-state index in [0.29, 0.717) is 30.7 Å². The Labute approximate surface area is 142 Å². The predicted molar refractivity (Wildman–Crippen MR) is 86.5 cm³/mol. The highest BCUT2D eigenvalue weighted by Gasteiger charge is 2.29. The lowest BCUT2D eigenvalue weighted by Gasteiger charge is -2.16. The maximum absolute atomic E-state index is 12.8. The summed E-state index contributed by atoms with van der Waals surface area (Å²) in [7, 11) is 0. The van der Waals surface area contributed by atoms with E-state index in [-0.39, 0.29) is 18.0 Å². The van der Waals surface area contributed by atoms with Crippen LogP contribution in [0, 0.1) is 5.82 Å². The van der Waals surface area contributed by atoms with Crippen molar-refractivity contribution in [2.24, 2.45) is 0 Å². The topological polar surface area (TPSA) is 81.1 Å². The maximum Gasteiger partial charge on any atom is 0.316 e. The van der Waals surface area contributed by atoms with Gasteiger partial charge in [0.15, 0.2) is 5.82 Å². The Bertz CT molecular complexity index is 918. The average molecular weight is 339 g/mol. The highest BCUT2D eigenvalue weighted by atomic mass is 19.1. The van der Waals surface area contributed by atoms with Gasteiger partial charge in [-0.05, 0) is 12.1 Å². The van der Waals surface area contributed by atoms with Gasteiger partial charge >= 0.3 is 6.01 Å². The second-order valence-corrected chi connectivity index (χ2v) is 5.71. The Kier molecular flexibility index (Phi) is 3.93. The molecule has 1 fully saturated rings. The van der Waals surface area contributed by atoms with E-state index in [4.69, 9.17) is 4.74 Å². The van der Waals surface area contributed by atoms with Crippen LogP contribution < -0.4 is 4.74 Å². The minimum atomic E-state index is -0.523. The van der Waals surface area contributed by atoms with Crippen LogP contribution in [0.4, 0.5) is 4.39 Å². The van der Waals surface area contributed by atoms with Crippen LogP contribution in [0.1, 0.15) is 16.9 Å². The van der Waals surface area contributed by atoms with E-state index in [1.807, 2.05) is 24.3 Å². The smallest absolute Gasteiger partial charge is 0.316 e. The molecule has 0 spiro atoms. The van der Waals surface area contributed by atoms with E-state index in [0.717, 1.165) is 17.9 Å². The zero-order valence-electron chi connectivity index (χ0n) is 13.2. The lowest BCUT2D eigenvalue weighted by molar-refractivity contribution is 0.0764. The molecule has 1 atom stereocenters. The molecule has 25 heavy (non-hydrogen) atoms. The molecule has 8 heteroatoms. The van der Waals surface area contributed by atoms with E-state index in [9.17, 15) is 9.18 Å². The lowest BCUT2D eigenvalue weighted by atomic mass is 10.3. The Balaban J connectivity index is 1.45. The van der Waals surface area contributed by atoms with Crippen LogP contribution in [0.15, 0.2) is 42.9 Å². The summed E-state index contributed by atoms with van der Waals surface area (Å²) in [4.78, 5) is 30.5. The van der Waals surface area contributed by atoms with Crippen LogP contribution in [0.3, 0.4) is 0 Å². The molecule has 2 aromatic heterocycles. The van der Waals surface area contributed by atoms with Gasteiger partial charge in [-0.3, -0.25) is 9.78 Å². The largest absolute Gasteiger partial charge is 0.458 e. The van der Waals surface area contributed by atoms with Gasteiger partial charge in [-0.15, -0.1) is 0 Å². The summed E-state index contributed by atoms with van der Waals surface area (Å²) in [6.07, 6.45) is 3.99. The zero-order chi connectivity index (χ0) is 17.2. The van der Waals surface area contributed by atoms with Gasteiger partial charge in [0, 0.05) is 13.0 Å². The van der Waals surface area contributed by atoms with Crippen molar-refractivity contribution >= 4 is 16.9 Å². The van der Waals surface area contributed by atoms with Gasteiger partial charge < -0.3 is 9.64 Å². The second-order valence-electron chi connectivity index (χ2n) is 5.71. The Morgan fingerprint density at radius 3 is 2.68 bits per heavy atom. The number of para-hydroxylation sites is 2. The third kappa shape index (κ3) is 3.23. The van der Waals surface area contributed by atoms with Crippen LogP contribution in [0.5, 0.6) is 6.01 Å². The summed E-state index contributed by atoms with van der Waals surface area (Å²) >= 11 is 0. The zero-order valence-corrected chi connectivity index (χ0v) is 13.2. The fourth-order valence-corrected chi connectivity index (χ4v) is 2.74. The second kappa shape index (κ2) is 6.39. The number of aromatic nitrogens is 4. The molecule has 0 radical (unpaired) electrons. The first kappa shape index (κ1) is 15.4. The highest BCUT2D eigenvalue weighted by molar-refractivity contribution is 5.94. The number of benzene rings is 1. The van der Waals surface area contributed by atoms with Gasteiger partial charge in [0.2, 0.25) is 0 Å². The van der Waals surface area contributed by atoms with Crippen molar-refractivity contribution in [3.8, 4) is 6.01 Å². The van der Waals surface area contributed by atoms with Crippen molar-refractivity contribution < 1.29 is 13.9 Å². The number of nitrogens with zero attached hydrogens (tertiary/aromatic N) is 5. The Morgan fingerprint density at radius 2 is 1.88 bits per heavy atom. The molecule has 7 nitrogen and oxygen atoms in total. The first-order chi connectivity index (χ1) is 12.2. The summed E-state index contributed by atoms with van der Waals surface area (Å²) in [6.45, 7) is 0.938. The Hall–Kier alpha value is -3.16. The fraction of sp³-hybridized carbons (Fsp3) is 0.235. The van der Waals surface area contributed by atoms with Gasteiger partial charge in [0.05, 0.1) is 36.2 Å². The molecule has 1 aliphatic rings. The summed E-state index contributed by atoms with van der Waals surface area (Å²) in [5.74, 6) is -0.713. The van der Waals surface area contributed by atoms with Crippen molar-refractivity contribution in [1.82, 2.24) is 24.8 Å². The van der Waals surface area contributed by atoms with E-state index < -0.39 is 5.82 Å². The minimum Gasteiger partial charge on any atom is -0.458 e. The molecule has 0 saturated carbocycles.